The molecule has 2 aromatic heterocycles. The van der Waals surface area contributed by atoms with Crippen LogP contribution in [-0.4, -0.2) is 42.1 Å². The molecule has 2 fully saturated rings. The first kappa shape index (κ1) is 21.8. The predicted octanol–water partition coefficient (Wildman–Crippen LogP) is 4.27. The molecule has 170 valence electrons. The largest absolute Gasteiger partial charge is 0.439 e. The highest BCUT2D eigenvalue weighted by atomic mass is 32.1. The van der Waals surface area contributed by atoms with Gasteiger partial charge in [-0.1, -0.05) is 11.3 Å². The first-order chi connectivity index (χ1) is 16.6. The van der Waals surface area contributed by atoms with Gasteiger partial charge in [-0.25, -0.2) is 4.98 Å². The van der Waals surface area contributed by atoms with Crippen molar-refractivity contribution in [2.75, 3.05) is 36.5 Å². The third-order valence-electron chi connectivity index (χ3n) is 5.75. The van der Waals surface area contributed by atoms with Gasteiger partial charge < -0.3 is 19.7 Å². The number of nitrogens with one attached hydrogen (secondary N) is 1. The highest BCUT2D eigenvalue weighted by Crippen LogP contribution is 2.47. The van der Waals surface area contributed by atoms with Crippen LogP contribution in [0, 0.1) is 28.1 Å². The Bertz CT molecular complexity index is 1300. The Morgan fingerprint density at radius 1 is 1.18 bits per heavy atom. The number of benzene rings is 1. The van der Waals surface area contributed by atoms with Gasteiger partial charge in [0.1, 0.15) is 27.9 Å². The van der Waals surface area contributed by atoms with Crippen LogP contribution in [0.15, 0.2) is 42.6 Å². The zero-order valence-electron chi connectivity index (χ0n) is 18.2. The lowest BCUT2D eigenvalue weighted by atomic mass is 9.96. The van der Waals surface area contributed by atoms with Crippen molar-refractivity contribution >= 4 is 33.8 Å². The molecule has 3 aromatic rings. The van der Waals surface area contributed by atoms with Gasteiger partial charge in [-0.05, 0) is 37.1 Å². The van der Waals surface area contributed by atoms with Crippen LogP contribution in [0.3, 0.4) is 0 Å². The number of carbonyl (C=O) groups excluding carboxylic acids is 1. The Balaban J connectivity index is 1.39. The molecular formula is C24H20N6O3S. The molecule has 5 rings (SSSR count). The number of Topliss-reactive ketones (excluding diaryl/α,β-unsaturated/α-hetero) is 1. The molecule has 1 aromatic carbocycles. The van der Waals surface area contributed by atoms with Crippen LogP contribution < -0.4 is 15.0 Å². The second-order valence-corrected chi connectivity index (χ2v) is 9.09. The van der Waals surface area contributed by atoms with E-state index < -0.39 is 5.41 Å². The van der Waals surface area contributed by atoms with Crippen LogP contribution in [0.25, 0.3) is 0 Å². The second kappa shape index (κ2) is 9.10. The fourth-order valence-corrected chi connectivity index (χ4v) is 4.31. The van der Waals surface area contributed by atoms with Crippen LogP contribution in [-0.2, 0) is 4.74 Å². The number of rotatable bonds is 7. The van der Waals surface area contributed by atoms with Crippen molar-refractivity contribution in [1.82, 2.24) is 9.97 Å². The van der Waals surface area contributed by atoms with E-state index in [1.165, 1.54) is 17.5 Å². The number of ketones is 1. The standard InChI is InChI=1S/C24H20N6O3S/c25-13-19-14-27-23(34-19)29-20-11-17(30-7-9-32-10-8-30)12-21(28-20)33-18-3-1-16(2-4-18)22(31)24(15-26)5-6-24/h1-4,11-12,14H,5-10H2,(H,27,28,29). The Kier molecular flexibility index (Phi) is 5.84. The van der Waals surface area contributed by atoms with E-state index in [-0.39, 0.29) is 5.78 Å². The normalized spacial score (nSPS) is 16.2. The minimum absolute atomic E-state index is 0.138. The Morgan fingerprint density at radius 3 is 2.59 bits per heavy atom. The number of nitriles is 2. The van der Waals surface area contributed by atoms with Gasteiger partial charge in [0, 0.05) is 36.5 Å². The van der Waals surface area contributed by atoms with E-state index in [1.807, 2.05) is 12.1 Å². The molecule has 1 aliphatic heterocycles. The highest BCUT2D eigenvalue weighted by Gasteiger charge is 2.50. The molecule has 0 atom stereocenters. The number of nitrogens with zero attached hydrogens (tertiary/aromatic N) is 5. The molecule has 3 heterocycles. The highest BCUT2D eigenvalue weighted by molar-refractivity contribution is 7.16. The summed E-state index contributed by atoms with van der Waals surface area (Å²) in [5.41, 5.74) is 0.573. The van der Waals surface area contributed by atoms with Crippen LogP contribution in [0.1, 0.15) is 28.1 Å². The van der Waals surface area contributed by atoms with Gasteiger partial charge in [-0.15, -0.1) is 0 Å². The number of anilines is 3. The van der Waals surface area contributed by atoms with Crippen LogP contribution in [0.2, 0.25) is 0 Å². The number of pyridine rings is 1. The number of hydrogen-bond acceptors (Lipinski definition) is 10. The predicted molar refractivity (Wildman–Crippen MR) is 126 cm³/mol. The quantitative estimate of drug-likeness (QED) is 0.502. The average molecular weight is 473 g/mol. The van der Waals surface area contributed by atoms with Crippen molar-refractivity contribution < 1.29 is 14.3 Å². The first-order valence-corrected chi connectivity index (χ1v) is 11.6. The summed E-state index contributed by atoms with van der Waals surface area (Å²) in [6.45, 7) is 2.77. The van der Waals surface area contributed by atoms with E-state index in [0.717, 1.165) is 18.8 Å². The Hall–Kier alpha value is -3.99. The van der Waals surface area contributed by atoms with Gasteiger partial charge >= 0.3 is 0 Å². The monoisotopic (exact) mass is 472 g/mol. The smallest absolute Gasteiger partial charge is 0.223 e. The van der Waals surface area contributed by atoms with E-state index in [4.69, 9.17) is 14.7 Å². The zero-order valence-corrected chi connectivity index (χ0v) is 19.0. The lowest BCUT2D eigenvalue weighted by Gasteiger charge is -2.29. The topological polar surface area (TPSA) is 124 Å². The maximum atomic E-state index is 12.6. The summed E-state index contributed by atoms with van der Waals surface area (Å²) in [6.07, 6.45) is 2.74. The van der Waals surface area contributed by atoms with E-state index in [1.54, 1.807) is 24.3 Å². The first-order valence-electron chi connectivity index (χ1n) is 10.8. The summed E-state index contributed by atoms with van der Waals surface area (Å²) in [5.74, 6) is 1.30. The summed E-state index contributed by atoms with van der Waals surface area (Å²) in [4.78, 5) is 24.0. The second-order valence-electron chi connectivity index (χ2n) is 8.06. The SMILES string of the molecule is N#Cc1cnc(Nc2cc(N3CCOCC3)cc(Oc3ccc(C(=O)C4(C#N)CC4)cc3)n2)s1. The van der Waals surface area contributed by atoms with Crippen LogP contribution in [0.5, 0.6) is 11.6 Å². The van der Waals surface area contributed by atoms with Gasteiger partial charge in [-0.2, -0.15) is 15.5 Å². The molecular weight excluding hydrogens is 452 g/mol. The number of morpholine rings is 1. The number of ether oxygens (including phenoxy) is 2. The van der Waals surface area contributed by atoms with E-state index in [2.05, 4.69) is 32.3 Å². The summed E-state index contributed by atoms with van der Waals surface area (Å²) >= 11 is 1.24. The lowest BCUT2D eigenvalue weighted by molar-refractivity contribution is 0.0934. The van der Waals surface area contributed by atoms with Crippen molar-refractivity contribution in [3.05, 3.63) is 53.0 Å². The van der Waals surface area contributed by atoms with E-state index in [0.29, 0.717) is 59.1 Å². The van der Waals surface area contributed by atoms with Crippen molar-refractivity contribution in [1.29, 1.82) is 10.5 Å². The minimum Gasteiger partial charge on any atom is -0.439 e. The van der Waals surface area contributed by atoms with Crippen LogP contribution >= 0.6 is 11.3 Å². The van der Waals surface area contributed by atoms with Crippen LogP contribution in [0.4, 0.5) is 16.6 Å². The van der Waals surface area contributed by atoms with Crippen molar-refractivity contribution in [3.8, 4) is 23.8 Å². The Morgan fingerprint density at radius 2 is 1.94 bits per heavy atom. The third-order valence-corrected chi connectivity index (χ3v) is 6.57. The molecule has 0 bridgehead atoms. The number of aromatic nitrogens is 2. The molecule has 0 unspecified atom stereocenters. The fraction of sp³-hybridized carbons (Fsp3) is 0.292. The van der Waals surface area contributed by atoms with Gasteiger partial charge in [0.2, 0.25) is 5.88 Å². The maximum Gasteiger partial charge on any atom is 0.223 e. The summed E-state index contributed by atoms with van der Waals surface area (Å²) in [5, 5.41) is 22.0. The molecule has 0 spiro atoms. The van der Waals surface area contributed by atoms with E-state index in [9.17, 15) is 10.1 Å². The maximum absolute atomic E-state index is 12.6. The molecule has 2 aliphatic rings. The zero-order chi connectivity index (χ0) is 23.5. The van der Waals surface area contributed by atoms with Crippen molar-refractivity contribution in [2.45, 2.75) is 12.8 Å². The molecule has 1 saturated carbocycles. The molecule has 0 amide bonds. The van der Waals surface area contributed by atoms with Gasteiger partial charge in [-0.3, -0.25) is 4.79 Å². The molecule has 10 heteroatoms. The van der Waals surface area contributed by atoms with Gasteiger partial charge in [0.05, 0.1) is 25.5 Å². The molecule has 1 aliphatic carbocycles. The lowest BCUT2D eigenvalue weighted by Crippen LogP contribution is -2.36. The van der Waals surface area contributed by atoms with Crippen molar-refractivity contribution in [2.24, 2.45) is 5.41 Å². The third kappa shape index (κ3) is 4.55. The molecule has 1 N–H and O–H groups in total. The number of hydrogen-bond donors (Lipinski definition) is 1. The molecule has 9 nitrogen and oxygen atoms in total. The average Bonchev–Trinajstić information content (AvgIpc) is 3.56. The molecule has 34 heavy (non-hydrogen) atoms. The van der Waals surface area contributed by atoms with Gasteiger partial charge in [0.15, 0.2) is 10.9 Å². The fourth-order valence-electron chi connectivity index (χ4n) is 3.69. The Labute approximate surface area is 200 Å². The molecule has 0 radical (unpaired) electrons. The number of carbonyl (C=O) groups is 1. The number of thiazole rings is 1. The summed E-state index contributed by atoms with van der Waals surface area (Å²) < 4.78 is 11.5. The van der Waals surface area contributed by atoms with Gasteiger partial charge in [0.25, 0.3) is 0 Å². The minimum atomic E-state index is -0.849. The van der Waals surface area contributed by atoms with E-state index >= 15 is 0 Å². The molecule has 1 saturated heterocycles. The summed E-state index contributed by atoms with van der Waals surface area (Å²) in [7, 11) is 0. The van der Waals surface area contributed by atoms with Crippen molar-refractivity contribution in [3.63, 3.8) is 0 Å². The summed E-state index contributed by atoms with van der Waals surface area (Å²) in [6, 6.07) is 14.7.